The van der Waals surface area contributed by atoms with E-state index >= 15 is 0 Å². The molecule has 7 heteroatoms. The second kappa shape index (κ2) is 9.20. The molecule has 3 aromatic rings. The van der Waals surface area contributed by atoms with Crippen molar-refractivity contribution in [3.63, 3.8) is 0 Å². The molecule has 0 saturated carbocycles. The molecule has 1 aliphatic rings. The Labute approximate surface area is 181 Å². The van der Waals surface area contributed by atoms with Gasteiger partial charge in [0.25, 0.3) is 0 Å². The molecule has 31 heavy (non-hydrogen) atoms. The van der Waals surface area contributed by atoms with Crippen molar-refractivity contribution in [2.45, 2.75) is 44.1 Å². The van der Waals surface area contributed by atoms with Gasteiger partial charge in [0.15, 0.2) is 0 Å². The van der Waals surface area contributed by atoms with Crippen molar-refractivity contribution in [3.05, 3.63) is 60.0 Å². The largest absolute Gasteiger partial charge is 0.497 e. The summed E-state index contributed by atoms with van der Waals surface area (Å²) >= 11 is 0. The summed E-state index contributed by atoms with van der Waals surface area (Å²) < 4.78 is 5.33. The van der Waals surface area contributed by atoms with Gasteiger partial charge in [-0.05, 0) is 54.7 Å². The van der Waals surface area contributed by atoms with E-state index in [9.17, 15) is 9.59 Å². The summed E-state index contributed by atoms with van der Waals surface area (Å²) in [6.07, 6.45) is 9.24. The second-order valence-electron chi connectivity index (χ2n) is 8.11. The van der Waals surface area contributed by atoms with Gasteiger partial charge in [-0.1, -0.05) is 12.5 Å². The molecular formula is C24H28N4O3. The zero-order valence-corrected chi connectivity index (χ0v) is 17.7. The Bertz CT molecular complexity index is 1060. The van der Waals surface area contributed by atoms with Gasteiger partial charge in [0.05, 0.1) is 7.11 Å². The van der Waals surface area contributed by atoms with Gasteiger partial charge >= 0.3 is 0 Å². The number of nitrogens with one attached hydrogen (secondary N) is 3. The number of H-pyrrole nitrogens is 1. The number of fused-ring (bicyclic) bond motifs is 1. The number of aromatic nitrogens is 2. The summed E-state index contributed by atoms with van der Waals surface area (Å²) in [5.74, 6) is 0.596. The highest BCUT2D eigenvalue weighted by atomic mass is 16.5. The number of methoxy groups -OCH3 is 1. The molecule has 1 aromatic carbocycles. The second-order valence-corrected chi connectivity index (χ2v) is 8.11. The highest BCUT2D eigenvalue weighted by Gasteiger charge is 2.40. The van der Waals surface area contributed by atoms with Crippen molar-refractivity contribution in [1.82, 2.24) is 20.6 Å². The van der Waals surface area contributed by atoms with E-state index in [0.717, 1.165) is 40.6 Å². The van der Waals surface area contributed by atoms with E-state index < -0.39 is 5.54 Å². The molecule has 1 unspecified atom stereocenters. The number of carbonyl (C=O) groups excluding carboxylic acids is 2. The first-order chi connectivity index (χ1) is 15.1. The maximum Gasteiger partial charge on any atom is 0.246 e. The lowest BCUT2D eigenvalue weighted by atomic mass is 9.86. The van der Waals surface area contributed by atoms with Gasteiger partial charge in [-0.15, -0.1) is 0 Å². The highest BCUT2D eigenvalue weighted by molar-refractivity contribution is 5.92. The fraction of sp³-hybridized carbons (Fsp3) is 0.375. The normalized spacial score (nSPS) is 18.9. The molecule has 0 spiro atoms. The fourth-order valence-electron chi connectivity index (χ4n) is 4.31. The molecule has 2 amide bonds. The molecule has 2 aromatic heterocycles. The van der Waals surface area contributed by atoms with Crippen LogP contribution in [0.2, 0.25) is 0 Å². The van der Waals surface area contributed by atoms with E-state index in [1.54, 1.807) is 19.5 Å². The van der Waals surface area contributed by atoms with Gasteiger partial charge in [0.1, 0.15) is 11.3 Å². The molecule has 1 aliphatic heterocycles. The Balaban J connectivity index is 1.48. The van der Waals surface area contributed by atoms with Gasteiger partial charge in [-0.3, -0.25) is 14.6 Å². The molecule has 1 fully saturated rings. The molecule has 1 saturated heterocycles. The summed E-state index contributed by atoms with van der Waals surface area (Å²) in [6.45, 7) is 0.480. The number of rotatable bonds is 7. The lowest BCUT2D eigenvalue weighted by Crippen LogP contribution is -2.59. The molecule has 4 rings (SSSR count). The van der Waals surface area contributed by atoms with Crippen molar-refractivity contribution in [2.24, 2.45) is 0 Å². The maximum absolute atomic E-state index is 13.3. The van der Waals surface area contributed by atoms with Crippen LogP contribution in [-0.2, 0) is 22.4 Å². The van der Waals surface area contributed by atoms with Crippen molar-refractivity contribution in [3.8, 4) is 5.75 Å². The fourth-order valence-corrected chi connectivity index (χ4v) is 4.31. The first-order valence-corrected chi connectivity index (χ1v) is 10.7. The van der Waals surface area contributed by atoms with Crippen LogP contribution >= 0.6 is 0 Å². The van der Waals surface area contributed by atoms with Gasteiger partial charge in [-0.2, -0.15) is 0 Å². The van der Waals surface area contributed by atoms with Crippen LogP contribution in [0.15, 0.2) is 48.9 Å². The molecule has 1 atom stereocenters. The summed E-state index contributed by atoms with van der Waals surface area (Å²) in [7, 11) is 1.65. The van der Waals surface area contributed by atoms with Crippen LogP contribution in [0.4, 0.5) is 0 Å². The minimum absolute atomic E-state index is 0.0692. The smallest absolute Gasteiger partial charge is 0.246 e. The van der Waals surface area contributed by atoms with E-state index in [1.165, 1.54) is 0 Å². The quantitative estimate of drug-likeness (QED) is 0.548. The third-order valence-electron chi connectivity index (χ3n) is 5.95. The Morgan fingerprint density at radius 1 is 1.29 bits per heavy atom. The number of hydrogen-bond acceptors (Lipinski definition) is 4. The summed E-state index contributed by atoms with van der Waals surface area (Å²) in [4.78, 5) is 33.1. The molecule has 0 bridgehead atoms. The van der Waals surface area contributed by atoms with E-state index in [4.69, 9.17) is 4.74 Å². The van der Waals surface area contributed by atoms with Crippen LogP contribution < -0.4 is 15.4 Å². The summed E-state index contributed by atoms with van der Waals surface area (Å²) in [6, 6.07) is 9.70. The van der Waals surface area contributed by atoms with Gasteiger partial charge in [-0.25, -0.2) is 0 Å². The Morgan fingerprint density at radius 3 is 3.00 bits per heavy atom. The average Bonchev–Trinajstić information content (AvgIpc) is 3.08. The lowest BCUT2D eigenvalue weighted by molar-refractivity contribution is -0.133. The number of aromatic amines is 1. The van der Waals surface area contributed by atoms with Gasteiger partial charge in [0.2, 0.25) is 11.8 Å². The summed E-state index contributed by atoms with van der Waals surface area (Å²) in [5.41, 5.74) is 2.13. The van der Waals surface area contributed by atoms with Crippen LogP contribution in [0.1, 0.15) is 36.8 Å². The Morgan fingerprint density at radius 2 is 2.19 bits per heavy atom. The molecule has 3 N–H and O–H groups in total. The lowest BCUT2D eigenvalue weighted by Gasteiger charge is -2.32. The minimum Gasteiger partial charge on any atom is -0.497 e. The number of carbonyl (C=O) groups is 2. The third-order valence-corrected chi connectivity index (χ3v) is 5.95. The van der Waals surface area contributed by atoms with Gasteiger partial charge < -0.3 is 20.4 Å². The highest BCUT2D eigenvalue weighted by Crippen LogP contribution is 2.26. The molecule has 3 heterocycles. The number of nitrogens with zero attached hydrogens (tertiary/aromatic N) is 1. The number of pyridine rings is 1. The zero-order chi connectivity index (χ0) is 21.7. The minimum atomic E-state index is -0.944. The molecule has 0 aliphatic carbocycles. The monoisotopic (exact) mass is 420 g/mol. The van der Waals surface area contributed by atoms with Crippen molar-refractivity contribution < 1.29 is 14.3 Å². The maximum atomic E-state index is 13.3. The SMILES string of the molecule is COc1ccc2[nH]cc(CCNC(=O)C3(Cc4cccnc4)CCCCC(=O)N3)c2c1. The first-order valence-electron chi connectivity index (χ1n) is 10.7. The van der Waals surface area contributed by atoms with E-state index in [-0.39, 0.29) is 11.8 Å². The van der Waals surface area contributed by atoms with Gasteiger partial charge in [0, 0.05) is 48.9 Å². The first kappa shape index (κ1) is 20.9. The zero-order valence-electron chi connectivity index (χ0n) is 17.7. The van der Waals surface area contributed by atoms with Crippen molar-refractivity contribution in [1.29, 1.82) is 0 Å². The van der Waals surface area contributed by atoms with Crippen LogP contribution in [0.3, 0.4) is 0 Å². The Kier molecular flexibility index (Phi) is 6.21. The van der Waals surface area contributed by atoms with Crippen molar-refractivity contribution >= 4 is 22.7 Å². The van der Waals surface area contributed by atoms with Crippen LogP contribution in [-0.4, -0.2) is 41.0 Å². The third kappa shape index (κ3) is 4.71. The topological polar surface area (TPSA) is 96.1 Å². The van der Waals surface area contributed by atoms with Crippen molar-refractivity contribution in [2.75, 3.05) is 13.7 Å². The predicted octanol–water partition coefficient (Wildman–Crippen LogP) is 2.90. The number of amides is 2. The number of ether oxygens (including phenoxy) is 1. The standard InChI is InChI=1S/C24H28N4O3/c1-31-19-7-8-21-20(13-19)18(16-27-21)9-12-26-23(30)24(10-3-2-6-22(29)28-24)14-17-5-4-11-25-15-17/h4-5,7-8,11,13,15-16,27H,2-3,6,9-10,12,14H2,1H3,(H,26,30)(H,28,29). The van der Waals surface area contributed by atoms with E-state index in [2.05, 4.69) is 20.6 Å². The average molecular weight is 421 g/mol. The predicted molar refractivity (Wildman–Crippen MR) is 119 cm³/mol. The molecule has 7 nitrogen and oxygen atoms in total. The summed E-state index contributed by atoms with van der Waals surface area (Å²) in [5, 5.41) is 7.19. The van der Waals surface area contributed by atoms with Crippen LogP contribution in [0, 0.1) is 0 Å². The molecule has 0 radical (unpaired) electrons. The number of benzene rings is 1. The van der Waals surface area contributed by atoms with Crippen LogP contribution in [0.5, 0.6) is 5.75 Å². The number of hydrogen-bond donors (Lipinski definition) is 3. The molecule has 162 valence electrons. The molecular weight excluding hydrogens is 392 g/mol. The Hall–Kier alpha value is -3.35. The van der Waals surface area contributed by atoms with E-state index in [1.807, 2.05) is 36.5 Å². The van der Waals surface area contributed by atoms with E-state index in [0.29, 0.717) is 32.2 Å². The van der Waals surface area contributed by atoms with Crippen LogP contribution in [0.25, 0.3) is 10.9 Å².